The second-order valence-electron chi connectivity index (χ2n) is 20.7. The molecular weight excluding hydrogens is 791 g/mol. The summed E-state index contributed by atoms with van der Waals surface area (Å²) in [6, 6.07) is 0.904. The predicted molar refractivity (Wildman–Crippen MR) is 273 cm³/mol. The van der Waals surface area contributed by atoms with E-state index in [1.807, 2.05) is 0 Å². The van der Waals surface area contributed by atoms with Crippen LogP contribution in [0.1, 0.15) is 349 Å². The Kier molecular flexibility index (Phi) is 56.0. The molecule has 60 heavy (non-hydrogen) atoms. The zero-order valence-electron chi connectivity index (χ0n) is 43.2. The molecule has 0 atom stereocenters. The van der Waals surface area contributed by atoms with E-state index in [9.17, 15) is 0 Å². The van der Waals surface area contributed by atoms with Crippen molar-refractivity contribution in [2.24, 2.45) is 0 Å². The van der Waals surface area contributed by atoms with Gasteiger partial charge in [0.25, 0.3) is 0 Å². The van der Waals surface area contributed by atoms with Crippen LogP contribution in [-0.2, 0) is 0 Å². The summed E-state index contributed by atoms with van der Waals surface area (Å²) in [4.78, 5) is 0. The Balaban J connectivity index is 0. The fourth-order valence-corrected chi connectivity index (χ4v) is 10.3. The molecule has 0 aliphatic heterocycles. The lowest BCUT2D eigenvalue weighted by Gasteiger charge is -2.43. The van der Waals surface area contributed by atoms with E-state index < -0.39 is 0 Å². The van der Waals surface area contributed by atoms with E-state index >= 15 is 0 Å². The molecule has 0 bridgehead atoms. The Morgan fingerprint density at radius 2 is 0.367 bits per heavy atom. The van der Waals surface area contributed by atoms with Gasteiger partial charge in [-0.3, -0.25) is 0 Å². The molecule has 2 heteroatoms. The molecule has 0 aromatic heterocycles. The molecule has 0 aliphatic carbocycles. The second kappa shape index (κ2) is 53.8. The van der Waals surface area contributed by atoms with Crippen molar-refractivity contribution in [3.8, 4) is 0 Å². The van der Waals surface area contributed by atoms with Gasteiger partial charge in [0.1, 0.15) is 0 Å². The van der Waals surface area contributed by atoms with Crippen LogP contribution in [0, 0.1) is 0 Å². The van der Waals surface area contributed by atoms with E-state index in [2.05, 4.69) is 34.7 Å². The summed E-state index contributed by atoms with van der Waals surface area (Å²) < 4.78 is 1.41. The van der Waals surface area contributed by atoms with Crippen LogP contribution >= 0.6 is 0 Å². The molecule has 1 nitrogen and oxygen atoms in total. The third-order valence-electron chi connectivity index (χ3n) is 14.7. The van der Waals surface area contributed by atoms with Gasteiger partial charge in [-0.25, -0.2) is 0 Å². The van der Waals surface area contributed by atoms with Crippen molar-refractivity contribution in [2.75, 3.05) is 20.1 Å². The van der Waals surface area contributed by atoms with Crippen molar-refractivity contribution < 1.29 is 21.5 Å². The number of hydrogen-bond acceptors (Lipinski definition) is 0. The lowest BCUT2D eigenvalue weighted by molar-refractivity contribution is -0.934. The van der Waals surface area contributed by atoms with Gasteiger partial charge in [0.2, 0.25) is 0 Å². The van der Waals surface area contributed by atoms with Crippen molar-refractivity contribution in [1.82, 2.24) is 0 Å². The molecule has 0 radical (unpaired) electrons. The Morgan fingerprint density at radius 3 is 0.550 bits per heavy atom. The quantitative estimate of drug-likeness (QED) is 0.0421. The Morgan fingerprint density at radius 1 is 0.217 bits per heavy atom. The maximum Gasteiger partial charge on any atom is 0.0888 e. The summed E-state index contributed by atoms with van der Waals surface area (Å²) in [5, 5.41) is 0. The molecule has 0 unspecified atom stereocenters. The second-order valence-corrected chi connectivity index (χ2v) is 20.7. The van der Waals surface area contributed by atoms with Crippen LogP contribution in [0.2, 0.25) is 0 Å². The van der Waals surface area contributed by atoms with Crippen molar-refractivity contribution >= 4 is 0 Å². The first-order valence-electron chi connectivity index (χ1n) is 29.0. The van der Waals surface area contributed by atoms with Crippen LogP contribution in [0.5, 0.6) is 0 Å². The van der Waals surface area contributed by atoms with Crippen LogP contribution in [0.4, 0.5) is 0 Å². The average molecular weight is 912 g/mol. The normalized spacial score (nSPS) is 11.9. The van der Waals surface area contributed by atoms with Crippen LogP contribution in [0.3, 0.4) is 0 Å². The zero-order chi connectivity index (χ0) is 42.8. The zero-order valence-corrected chi connectivity index (χ0v) is 44.8. The van der Waals surface area contributed by atoms with Gasteiger partial charge >= 0.3 is 0 Å². The van der Waals surface area contributed by atoms with E-state index in [4.69, 9.17) is 0 Å². The maximum atomic E-state index is 2.75. The molecule has 0 saturated heterocycles. The highest BCUT2D eigenvalue weighted by atomic mass is 79.9. The largest absolute Gasteiger partial charge is 1.00 e. The summed E-state index contributed by atoms with van der Waals surface area (Å²) in [5.41, 5.74) is 0. The summed E-state index contributed by atoms with van der Waals surface area (Å²) in [7, 11) is 2.75. The van der Waals surface area contributed by atoms with Gasteiger partial charge in [-0.1, -0.05) is 297 Å². The first-order chi connectivity index (χ1) is 29.1. The molecule has 0 fully saturated rings. The number of halogens is 1. The minimum Gasteiger partial charge on any atom is -1.00 e. The smallest absolute Gasteiger partial charge is 0.0888 e. The van der Waals surface area contributed by atoms with Crippen LogP contribution in [-0.4, -0.2) is 30.7 Å². The molecule has 364 valence electrons. The van der Waals surface area contributed by atoms with E-state index in [1.54, 1.807) is 0 Å². The first kappa shape index (κ1) is 62.5. The van der Waals surface area contributed by atoms with Crippen molar-refractivity contribution in [1.29, 1.82) is 0 Å². The molecule has 0 spiro atoms. The molecule has 0 aromatic rings. The fraction of sp³-hybridized carbons (Fsp3) is 1.00. The number of quaternary nitrogens is 1. The highest BCUT2D eigenvalue weighted by molar-refractivity contribution is 4.65. The van der Waals surface area contributed by atoms with Gasteiger partial charge < -0.3 is 21.5 Å². The Bertz CT molecular complexity index is 680. The van der Waals surface area contributed by atoms with E-state index in [0.29, 0.717) is 0 Å². The standard InChI is InChI=1S/C58H120N.BrH/c1-6-10-14-18-22-26-30-34-38-42-46-50-54-58(55-51-47-43-39-35-31-27-23-19-15-11-7-2)59(5,56-52-48-44-40-36-32-28-24-20-16-12-8-3)57-53-49-45-41-37-33-29-25-21-17-13-9-4;/h58H,6-57H2,1-5H3;1H/q+1;/p-1. The Hall–Kier alpha value is 0.440. The molecule has 0 saturated carbocycles. The molecule has 0 aliphatic rings. The molecule has 0 aromatic carbocycles. The summed E-state index contributed by atoms with van der Waals surface area (Å²) in [6.07, 6.45) is 73.5. The van der Waals surface area contributed by atoms with Crippen molar-refractivity contribution in [2.45, 2.75) is 355 Å². The van der Waals surface area contributed by atoms with Gasteiger partial charge in [-0.2, -0.15) is 0 Å². The van der Waals surface area contributed by atoms with Crippen LogP contribution < -0.4 is 17.0 Å². The highest BCUT2D eigenvalue weighted by Crippen LogP contribution is 2.27. The summed E-state index contributed by atoms with van der Waals surface area (Å²) in [6.45, 7) is 12.2. The van der Waals surface area contributed by atoms with E-state index in [-0.39, 0.29) is 17.0 Å². The van der Waals surface area contributed by atoms with Gasteiger partial charge in [0.05, 0.1) is 26.2 Å². The number of rotatable bonds is 53. The van der Waals surface area contributed by atoms with Crippen molar-refractivity contribution in [3.05, 3.63) is 0 Å². The van der Waals surface area contributed by atoms with Gasteiger partial charge in [0.15, 0.2) is 0 Å². The first-order valence-corrected chi connectivity index (χ1v) is 29.0. The molecule has 0 rings (SSSR count). The maximum absolute atomic E-state index is 2.75. The highest BCUT2D eigenvalue weighted by Gasteiger charge is 2.31. The topological polar surface area (TPSA) is 0 Å². The third kappa shape index (κ3) is 46.4. The fourth-order valence-electron chi connectivity index (χ4n) is 10.3. The van der Waals surface area contributed by atoms with E-state index in [1.165, 1.54) is 339 Å². The number of hydrogen-bond donors (Lipinski definition) is 0. The monoisotopic (exact) mass is 910 g/mol. The number of unbranched alkanes of at least 4 members (excludes halogenated alkanes) is 44. The Labute approximate surface area is 394 Å². The molecule has 0 heterocycles. The van der Waals surface area contributed by atoms with Crippen LogP contribution in [0.15, 0.2) is 0 Å². The van der Waals surface area contributed by atoms with Gasteiger partial charge in [-0.15, -0.1) is 0 Å². The number of nitrogens with zero attached hydrogens (tertiary/aromatic N) is 1. The molecular formula is C58H120BrN. The minimum atomic E-state index is 0. The minimum absolute atomic E-state index is 0. The van der Waals surface area contributed by atoms with Crippen LogP contribution in [0.25, 0.3) is 0 Å². The lowest BCUT2D eigenvalue weighted by Crippen LogP contribution is -3.00. The van der Waals surface area contributed by atoms with Gasteiger partial charge in [0, 0.05) is 0 Å². The van der Waals surface area contributed by atoms with Crippen molar-refractivity contribution in [3.63, 3.8) is 0 Å². The van der Waals surface area contributed by atoms with Gasteiger partial charge in [-0.05, 0) is 51.4 Å². The third-order valence-corrected chi connectivity index (χ3v) is 14.7. The van der Waals surface area contributed by atoms with E-state index in [0.717, 1.165) is 6.04 Å². The SMILES string of the molecule is CCCCCCCCCCCCCCC(CCCCCCCCCCCCCC)[N+](C)(CCCCCCCCCCCCCC)CCCCCCCCCCCCCC.[Br-]. The predicted octanol–water partition coefficient (Wildman–Crippen LogP) is 18.4. The summed E-state index contributed by atoms with van der Waals surface area (Å²) >= 11 is 0. The molecule has 0 amide bonds. The summed E-state index contributed by atoms with van der Waals surface area (Å²) in [5.74, 6) is 0. The lowest BCUT2D eigenvalue weighted by atomic mass is 9.95. The average Bonchev–Trinajstić information content (AvgIpc) is 3.24. The molecule has 0 N–H and O–H groups in total.